The molecule has 1 heterocycles. The Morgan fingerprint density at radius 1 is 1.36 bits per heavy atom. The van der Waals surface area contributed by atoms with Gasteiger partial charge in [0.15, 0.2) is 0 Å². The molecule has 1 aromatic carbocycles. The Kier molecular flexibility index (Phi) is 2.96. The molecular formula is C10H9Cl3S. The third-order valence-corrected chi connectivity index (χ3v) is 5.84. The maximum atomic E-state index is 6.20. The zero-order valence-corrected chi connectivity index (χ0v) is 10.6. The monoisotopic (exact) mass is 266 g/mol. The second kappa shape index (κ2) is 3.79. The molecule has 1 aliphatic rings. The summed E-state index contributed by atoms with van der Waals surface area (Å²) in [5.41, 5.74) is 1.15. The summed E-state index contributed by atoms with van der Waals surface area (Å²) in [5.74, 6) is 0. The Balaban J connectivity index is 2.32. The van der Waals surface area contributed by atoms with Gasteiger partial charge in [0.2, 0.25) is 0 Å². The van der Waals surface area contributed by atoms with E-state index in [1.807, 2.05) is 24.3 Å². The van der Waals surface area contributed by atoms with Gasteiger partial charge in [0.05, 0.1) is 14.8 Å². The second-order valence-corrected chi connectivity index (χ2v) is 6.72. The molecule has 0 nitrogen and oxygen atoms in total. The lowest BCUT2D eigenvalue weighted by atomic mass is 9.96. The van der Waals surface area contributed by atoms with Crippen LogP contribution in [-0.4, -0.2) is 10.1 Å². The minimum Gasteiger partial charge on any atom is -0.128 e. The summed E-state index contributed by atoms with van der Waals surface area (Å²) in [6, 6.07) is 7.79. The van der Waals surface area contributed by atoms with Crippen molar-refractivity contribution in [3.8, 4) is 0 Å². The fourth-order valence-corrected chi connectivity index (χ4v) is 4.23. The van der Waals surface area contributed by atoms with Gasteiger partial charge in [0, 0.05) is 5.02 Å². The Bertz CT molecular complexity index is 355. The summed E-state index contributed by atoms with van der Waals surface area (Å²) < 4.78 is -0.0977. The van der Waals surface area contributed by atoms with Gasteiger partial charge < -0.3 is 0 Å². The van der Waals surface area contributed by atoms with E-state index < -0.39 is 0 Å². The molecule has 0 aliphatic carbocycles. The van der Waals surface area contributed by atoms with Crippen LogP contribution in [0.2, 0.25) is 5.02 Å². The topological polar surface area (TPSA) is 0 Å². The quantitative estimate of drug-likeness (QED) is 0.676. The van der Waals surface area contributed by atoms with Crippen LogP contribution in [0.25, 0.3) is 0 Å². The van der Waals surface area contributed by atoms with Gasteiger partial charge >= 0.3 is 0 Å². The van der Waals surface area contributed by atoms with Gasteiger partial charge in [-0.15, -0.1) is 35.0 Å². The van der Waals surface area contributed by atoms with Crippen LogP contribution in [0.15, 0.2) is 24.3 Å². The van der Waals surface area contributed by atoms with Gasteiger partial charge in [-0.25, -0.2) is 0 Å². The highest BCUT2D eigenvalue weighted by atomic mass is 35.5. The van der Waals surface area contributed by atoms with Crippen LogP contribution in [0.4, 0.5) is 0 Å². The number of thioether (sulfide) groups is 1. The molecule has 0 N–H and O–H groups in total. The van der Waals surface area contributed by atoms with E-state index in [0.29, 0.717) is 0 Å². The Morgan fingerprint density at radius 3 is 2.57 bits per heavy atom. The number of rotatable bonds is 1. The average molecular weight is 268 g/mol. The fraction of sp³-hybridized carbons (Fsp3) is 0.400. The maximum absolute atomic E-state index is 6.20. The third-order valence-electron chi connectivity index (χ3n) is 2.51. The molecule has 0 aromatic heterocycles. The highest BCUT2D eigenvalue weighted by molar-refractivity contribution is 8.03. The van der Waals surface area contributed by atoms with Crippen molar-refractivity contribution in [2.24, 2.45) is 0 Å². The van der Waals surface area contributed by atoms with Crippen molar-refractivity contribution in [1.29, 1.82) is 0 Å². The first-order valence-corrected chi connectivity index (χ1v) is 6.39. The summed E-state index contributed by atoms with van der Waals surface area (Å²) in [6.45, 7) is 2.10. The zero-order valence-electron chi connectivity index (χ0n) is 7.51. The summed E-state index contributed by atoms with van der Waals surface area (Å²) in [4.78, 5) is 0. The van der Waals surface area contributed by atoms with Crippen molar-refractivity contribution in [3.63, 3.8) is 0 Å². The average Bonchev–Trinajstić information content (AvgIpc) is 2.17. The van der Waals surface area contributed by atoms with Gasteiger partial charge in [-0.3, -0.25) is 0 Å². The van der Waals surface area contributed by atoms with Gasteiger partial charge in [-0.1, -0.05) is 23.7 Å². The van der Waals surface area contributed by atoms with Crippen molar-refractivity contribution >= 4 is 46.6 Å². The SMILES string of the molecule is CC1(c2cccc(Cl)c2)SC(Cl)C1Cl. The van der Waals surface area contributed by atoms with E-state index in [1.165, 1.54) is 0 Å². The molecule has 2 rings (SSSR count). The highest BCUT2D eigenvalue weighted by Crippen LogP contribution is 2.58. The standard InChI is InChI=1S/C10H9Cl3S/c1-10(8(12)9(13)14-10)6-3-2-4-7(11)5-6/h2-5,8-9H,1H3. The molecule has 3 unspecified atom stereocenters. The molecule has 0 saturated carbocycles. The largest absolute Gasteiger partial charge is 0.128 e. The van der Waals surface area contributed by atoms with Crippen LogP contribution in [0.1, 0.15) is 12.5 Å². The van der Waals surface area contributed by atoms with Crippen molar-refractivity contribution in [1.82, 2.24) is 0 Å². The fourth-order valence-electron chi connectivity index (χ4n) is 1.56. The van der Waals surface area contributed by atoms with Crippen molar-refractivity contribution in [3.05, 3.63) is 34.9 Å². The summed E-state index contributed by atoms with van der Waals surface area (Å²) >= 11 is 19.8. The number of alkyl halides is 2. The van der Waals surface area contributed by atoms with E-state index in [4.69, 9.17) is 34.8 Å². The van der Waals surface area contributed by atoms with Crippen LogP contribution < -0.4 is 0 Å². The summed E-state index contributed by atoms with van der Waals surface area (Å²) in [5, 5.41) is 0.707. The number of halogens is 3. The van der Waals surface area contributed by atoms with Gasteiger partial charge in [-0.2, -0.15) is 0 Å². The first kappa shape index (κ1) is 10.9. The third kappa shape index (κ3) is 1.65. The van der Waals surface area contributed by atoms with Crippen LogP contribution in [0, 0.1) is 0 Å². The van der Waals surface area contributed by atoms with Gasteiger partial charge in [0.25, 0.3) is 0 Å². The van der Waals surface area contributed by atoms with Crippen molar-refractivity contribution < 1.29 is 0 Å². The Labute approximate surface area is 103 Å². The second-order valence-electron chi connectivity index (χ2n) is 3.49. The molecule has 14 heavy (non-hydrogen) atoms. The molecule has 76 valence electrons. The summed E-state index contributed by atoms with van der Waals surface area (Å²) in [6.07, 6.45) is 0. The summed E-state index contributed by atoms with van der Waals surface area (Å²) in [7, 11) is 0. The van der Waals surface area contributed by atoms with Gasteiger partial charge in [0.1, 0.15) is 0 Å². The molecular weight excluding hydrogens is 259 g/mol. The lowest BCUT2D eigenvalue weighted by molar-refractivity contribution is 0.614. The molecule has 0 spiro atoms. The van der Waals surface area contributed by atoms with E-state index >= 15 is 0 Å². The molecule has 0 radical (unpaired) electrons. The minimum atomic E-state index is -0.0983. The lowest BCUT2D eigenvalue weighted by Gasteiger charge is -2.47. The first-order chi connectivity index (χ1) is 6.54. The van der Waals surface area contributed by atoms with E-state index in [9.17, 15) is 0 Å². The predicted molar refractivity (Wildman–Crippen MR) is 65.7 cm³/mol. The minimum absolute atomic E-state index is 0.000600. The predicted octanol–water partition coefficient (Wildman–Crippen LogP) is 4.47. The van der Waals surface area contributed by atoms with Gasteiger partial charge in [-0.05, 0) is 24.6 Å². The van der Waals surface area contributed by atoms with E-state index in [2.05, 4.69) is 6.92 Å². The van der Waals surface area contributed by atoms with Crippen LogP contribution in [0.5, 0.6) is 0 Å². The first-order valence-electron chi connectivity index (χ1n) is 4.26. The van der Waals surface area contributed by atoms with E-state index in [1.54, 1.807) is 11.8 Å². The molecule has 1 aliphatic heterocycles. The number of hydrogen-bond donors (Lipinski definition) is 0. The highest BCUT2D eigenvalue weighted by Gasteiger charge is 2.51. The number of hydrogen-bond acceptors (Lipinski definition) is 1. The van der Waals surface area contributed by atoms with E-state index in [0.717, 1.165) is 10.6 Å². The molecule has 0 bridgehead atoms. The van der Waals surface area contributed by atoms with Crippen LogP contribution in [-0.2, 0) is 4.75 Å². The Hall–Kier alpha value is 0.440. The van der Waals surface area contributed by atoms with Crippen LogP contribution in [0.3, 0.4) is 0 Å². The molecule has 1 saturated heterocycles. The van der Waals surface area contributed by atoms with Crippen LogP contribution >= 0.6 is 46.6 Å². The molecule has 0 amide bonds. The lowest BCUT2D eigenvalue weighted by Crippen LogP contribution is -2.46. The van der Waals surface area contributed by atoms with E-state index in [-0.39, 0.29) is 14.8 Å². The number of benzene rings is 1. The zero-order chi connectivity index (χ0) is 10.3. The molecule has 1 fully saturated rings. The molecule has 1 aromatic rings. The maximum Gasteiger partial charge on any atom is 0.0977 e. The van der Waals surface area contributed by atoms with Crippen molar-refractivity contribution in [2.75, 3.05) is 0 Å². The normalized spacial score (nSPS) is 36.6. The molecule has 4 heteroatoms. The molecule has 3 atom stereocenters. The Morgan fingerprint density at radius 2 is 2.07 bits per heavy atom. The smallest absolute Gasteiger partial charge is 0.0977 e. The van der Waals surface area contributed by atoms with Crippen molar-refractivity contribution in [2.45, 2.75) is 21.8 Å².